The van der Waals surface area contributed by atoms with E-state index in [9.17, 15) is 18.0 Å². The molecule has 1 rings (SSSR count). The van der Waals surface area contributed by atoms with Gasteiger partial charge in [0, 0.05) is 13.1 Å². The van der Waals surface area contributed by atoms with Crippen molar-refractivity contribution in [3.63, 3.8) is 0 Å². The van der Waals surface area contributed by atoms with E-state index in [2.05, 4.69) is 5.32 Å². The Morgan fingerprint density at radius 1 is 1.45 bits per heavy atom. The number of rotatable bonds is 4. The molecule has 1 fully saturated rings. The zero-order valence-corrected chi connectivity index (χ0v) is 11.7. The minimum absolute atomic E-state index is 0.0873. The first-order chi connectivity index (χ1) is 9.27. The third kappa shape index (κ3) is 4.29. The van der Waals surface area contributed by atoms with Gasteiger partial charge in [-0.25, -0.2) is 4.79 Å². The van der Waals surface area contributed by atoms with E-state index < -0.39 is 30.2 Å². The maximum atomic E-state index is 13.1. The average Bonchev–Trinajstić information content (AvgIpc) is 2.86. The Hall–Kier alpha value is -1.45. The average molecular weight is 291 g/mol. The molecule has 20 heavy (non-hydrogen) atoms. The Labute approximate surface area is 116 Å². The number of nitrogens with zero attached hydrogens (tertiary/aromatic N) is 2. The second-order valence-corrected chi connectivity index (χ2v) is 5.34. The molecule has 0 aromatic heterocycles. The van der Waals surface area contributed by atoms with Crippen molar-refractivity contribution in [3.05, 3.63) is 0 Å². The normalized spacial score (nSPS) is 19.2. The fraction of sp³-hybridized carbons (Fsp3) is 0.846. The highest BCUT2D eigenvalue weighted by atomic mass is 19.4. The molecular weight excluding hydrogens is 271 g/mol. The van der Waals surface area contributed by atoms with Gasteiger partial charge in [-0.15, -0.1) is 0 Å². The lowest BCUT2D eigenvalue weighted by Crippen LogP contribution is -2.54. The summed E-state index contributed by atoms with van der Waals surface area (Å²) in [5, 5.41) is 10.7. The fourth-order valence-electron chi connectivity index (χ4n) is 2.46. The van der Waals surface area contributed by atoms with Crippen molar-refractivity contribution in [1.29, 1.82) is 5.26 Å². The van der Waals surface area contributed by atoms with Gasteiger partial charge in [0.1, 0.15) is 6.04 Å². The lowest BCUT2D eigenvalue weighted by Gasteiger charge is -2.31. The summed E-state index contributed by atoms with van der Waals surface area (Å²) >= 11 is 0. The zero-order chi connectivity index (χ0) is 15.3. The van der Waals surface area contributed by atoms with E-state index in [4.69, 9.17) is 5.26 Å². The zero-order valence-electron chi connectivity index (χ0n) is 11.7. The van der Waals surface area contributed by atoms with Gasteiger partial charge >= 0.3 is 12.2 Å². The number of hydrogen-bond acceptors (Lipinski definition) is 2. The second-order valence-electron chi connectivity index (χ2n) is 5.34. The first-order valence-corrected chi connectivity index (χ1v) is 6.74. The Kier molecular flexibility index (Phi) is 5.66. The number of amides is 2. The topological polar surface area (TPSA) is 56.1 Å². The number of nitrogens with one attached hydrogen (secondary N) is 1. The Bertz CT molecular complexity index is 372. The van der Waals surface area contributed by atoms with Gasteiger partial charge in [-0.3, -0.25) is 0 Å². The van der Waals surface area contributed by atoms with E-state index >= 15 is 0 Å². The van der Waals surface area contributed by atoms with Crippen LogP contribution in [0.25, 0.3) is 0 Å². The Morgan fingerprint density at radius 3 is 2.45 bits per heavy atom. The minimum Gasteiger partial charge on any atom is -0.326 e. The standard InChI is InChI=1S/C13H20F3N3O/c1-9(7-8-17)19(2)12(20)18-11(13(14,15)16)10-5-3-4-6-10/h9-11H,3-7H2,1-2H3,(H,18,20)/t9-,11-/m0/s1. The number of urea groups is 1. The van der Waals surface area contributed by atoms with E-state index in [1.165, 1.54) is 7.05 Å². The molecule has 0 bridgehead atoms. The van der Waals surface area contributed by atoms with Crippen LogP contribution in [0.2, 0.25) is 0 Å². The molecule has 0 aliphatic heterocycles. The molecule has 1 aliphatic carbocycles. The van der Waals surface area contributed by atoms with Gasteiger partial charge in [0.05, 0.1) is 12.5 Å². The molecule has 0 spiro atoms. The predicted octanol–water partition coefficient (Wildman–Crippen LogP) is 3.05. The molecule has 0 heterocycles. The molecule has 0 aromatic carbocycles. The summed E-state index contributed by atoms with van der Waals surface area (Å²) < 4.78 is 39.2. The van der Waals surface area contributed by atoms with Crippen molar-refractivity contribution in [2.75, 3.05) is 7.05 Å². The van der Waals surface area contributed by atoms with Crippen LogP contribution < -0.4 is 5.32 Å². The van der Waals surface area contributed by atoms with E-state index in [0.29, 0.717) is 12.8 Å². The van der Waals surface area contributed by atoms with Crippen molar-refractivity contribution in [1.82, 2.24) is 10.2 Å². The van der Waals surface area contributed by atoms with Gasteiger partial charge < -0.3 is 10.2 Å². The number of halogens is 3. The third-order valence-corrected chi connectivity index (χ3v) is 3.87. The van der Waals surface area contributed by atoms with Gasteiger partial charge in [0.25, 0.3) is 0 Å². The summed E-state index contributed by atoms with van der Waals surface area (Å²) in [5.74, 6) is -0.543. The first-order valence-electron chi connectivity index (χ1n) is 6.74. The lowest BCUT2D eigenvalue weighted by atomic mass is 9.98. The number of carbonyl (C=O) groups excluding carboxylic acids is 1. The van der Waals surface area contributed by atoms with Crippen LogP contribution >= 0.6 is 0 Å². The fourth-order valence-corrected chi connectivity index (χ4v) is 2.46. The molecular formula is C13H20F3N3O. The third-order valence-electron chi connectivity index (χ3n) is 3.87. The number of alkyl halides is 3. The summed E-state index contributed by atoms with van der Waals surface area (Å²) in [5.41, 5.74) is 0. The van der Waals surface area contributed by atoms with Gasteiger partial charge in [-0.1, -0.05) is 12.8 Å². The van der Waals surface area contributed by atoms with Crippen LogP contribution in [0.3, 0.4) is 0 Å². The Balaban J connectivity index is 2.70. The second kappa shape index (κ2) is 6.82. The summed E-state index contributed by atoms with van der Waals surface area (Å²) in [7, 11) is 1.40. The quantitative estimate of drug-likeness (QED) is 0.865. The van der Waals surface area contributed by atoms with Crippen LogP contribution in [-0.4, -0.2) is 36.2 Å². The van der Waals surface area contributed by atoms with Gasteiger partial charge in [0.15, 0.2) is 0 Å². The summed E-state index contributed by atoms with van der Waals surface area (Å²) in [6.07, 6.45) is -1.83. The van der Waals surface area contributed by atoms with Crippen LogP contribution in [0.15, 0.2) is 0 Å². The molecule has 2 atom stereocenters. The molecule has 4 nitrogen and oxygen atoms in total. The van der Waals surface area contributed by atoms with Crippen LogP contribution in [0, 0.1) is 17.2 Å². The van der Waals surface area contributed by atoms with Gasteiger partial charge in [-0.2, -0.15) is 18.4 Å². The van der Waals surface area contributed by atoms with E-state index in [0.717, 1.165) is 17.7 Å². The molecule has 0 saturated heterocycles. The molecule has 1 saturated carbocycles. The summed E-state index contributed by atoms with van der Waals surface area (Å²) in [6.45, 7) is 1.63. The molecule has 0 unspecified atom stereocenters. The minimum atomic E-state index is -4.44. The number of carbonyl (C=O) groups is 1. The molecule has 1 N–H and O–H groups in total. The number of hydrogen-bond donors (Lipinski definition) is 1. The van der Waals surface area contributed by atoms with Crippen LogP contribution in [-0.2, 0) is 0 Å². The van der Waals surface area contributed by atoms with Crippen LogP contribution in [0.1, 0.15) is 39.0 Å². The van der Waals surface area contributed by atoms with Crippen LogP contribution in [0.5, 0.6) is 0 Å². The van der Waals surface area contributed by atoms with Crippen molar-refractivity contribution in [2.45, 2.75) is 57.3 Å². The van der Waals surface area contributed by atoms with E-state index in [1.54, 1.807) is 6.92 Å². The van der Waals surface area contributed by atoms with Crippen LogP contribution in [0.4, 0.5) is 18.0 Å². The predicted molar refractivity (Wildman–Crippen MR) is 67.8 cm³/mol. The van der Waals surface area contributed by atoms with E-state index in [1.807, 2.05) is 6.07 Å². The monoisotopic (exact) mass is 291 g/mol. The van der Waals surface area contributed by atoms with Crippen molar-refractivity contribution in [2.24, 2.45) is 5.92 Å². The van der Waals surface area contributed by atoms with Crippen molar-refractivity contribution < 1.29 is 18.0 Å². The summed E-state index contributed by atoms with van der Waals surface area (Å²) in [4.78, 5) is 13.0. The largest absolute Gasteiger partial charge is 0.408 e. The lowest BCUT2D eigenvalue weighted by molar-refractivity contribution is -0.165. The first kappa shape index (κ1) is 16.6. The molecule has 2 amide bonds. The highest BCUT2D eigenvalue weighted by Gasteiger charge is 2.46. The van der Waals surface area contributed by atoms with E-state index in [-0.39, 0.29) is 6.42 Å². The Morgan fingerprint density at radius 2 is 2.00 bits per heavy atom. The highest BCUT2D eigenvalue weighted by Crippen LogP contribution is 2.35. The SMILES string of the molecule is C[C@@H](CC#N)N(C)C(=O)N[C@@H](C1CCCC1)C(F)(F)F. The maximum Gasteiger partial charge on any atom is 0.408 e. The highest BCUT2D eigenvalue weighted by molar-refractivity contribution is 5.74. The molecule has 114 valence electrons. The smallest absolute Gasteiger partial charge is 0.326 e. The van der Waals surface area contributed by atoms with Crippen molar-refractivity contribution >= 4 is 6.03 Å². The summed E-state index contributed by atoms with van der Waals surface area (Å²) in [6, 6.07) is -1.09. The maximum absolute atomic E-state index is 13.1. The molecule has 0 aromatic rings. The molecule has 0 radical (unpaired) electrons. The van der Waals surface area contributed by atoms with Gasteiger partial charge in [0.2, 0.25) is 0 Å². The van der Waals surface area contributed by atoms with Crippen molar-refractivity contribution in [3.8, 4) is 6.07 Å². The number of nitriles is 1. The molecule has 7 heteroatoms. The molecule has 1 aliphatic rings. The van der Waals surface area contributed by atoms with Gasteiger partial charge in [-0.05, 0) is 25.7 Å².